The minimum Gasteiger partial charge on any atom is -0.456 e. The lowest BCUT2D eigenvalue weighted by Gasteiger charge is -2.44. The van der Waals surface area contributed by atoms with Crippen LogP contribution >= 0.6 is 0 Å². The Morgan fingerprint density at radius 3 is 1.36 bits per heavy atom. The molecule has 2 atom stereocenters. The summed E-state index contributed by atoms with van der Waals surface area (Å²) < 4.78 is 32.6. The summed E-state index contributed by atoms with van der Waals surface area (Å²) in [6, 6.07) is 2.74. The van der Waals surface area contributed by atoms with Gasteiger partial charge in [-0.2, -0.15) is 0 Å². The minimum atomic E-state index is -2.54. The van der Waals surface area contributed by atoms with Crippen LogP contribution in [0.1, 0.15) is 6.42 Å². The molecule has 0 aliphatic heterocycles. The van der Waals surface area contributed by atoms with Gasteiger partial charge < -0.3 is 31.4 Å². The zero-order chi connectivity index (χ0) is 26.4. The van der Waals surface area contributed by atoms with Crippen molar-refractivity contribution < 1.29 is 31.4 Å². The first-order chi connectivity index (χ1) is 14.5. The van der Waals surface area contributed by atoms with E-state index in [-0.39, 0.29) is 6.61 Å². The summed E-state index contributed by atoms with van der Waals surface area (Å²) in [4.78, 5) is 0. The highest BCUT2D eigenvalue weighted by Crippen LogP contribution is 2.33. The third-order valence-electron chi connectivity index (χ3n) is 4.43. The molecule has 13 heteroatoms. The van der Waals surface area contributed by atoms with E-state index in [1.165, 1.54) is 0 Å². The standard InChI is InChI=1S/C20H54O7Si6/c1-28(2,3)24-31(10,11)17-18-33(13,26-30(7,8)9)27-32(12,25-29(4,5)6)16-14-15-23-19-20(21)22/h20-22H,14-19H2,1-13H3. The van der Waals surface area contributed by atoms with E-state index in [4.69, 9.17) is 31.4 Å². The summed E-state index contributed by atoms with van der Waals surface area (Å²) in [5, 5.41) is 18.0. The highest BCUT2D eigenvalue weighted by atomic mass is 28.5. The first-order valence-electron chi connectivity index (χ1n) is 12.2. The third-order valence-corrected chi connectivity index (χ3v) is 25.3. The van der Waals surface area contributed by atoms with Crippen LogP contribution in [-0.2, 0) is 21.2 Å². The van der Waals surface area contributed by atoms with Crippen molar-refractivity contribution in [1.82, 2.24) is 0 Å². The maximum atomic E-state index is 9.00. The van der Waals surface area contributed by atoms with Crippen LogP contribution in [-0.4, -0.2) is 80.1 Å². The summed E-state index contributed by atoms with van der Waals surface area (Å²) in [6.45, 7) is 29.5. The molecule has 2 unspecified atom stereocenters. The Labute approximate surface area is 210 Å². The van der Waals surface area contributed by atoms with Gasteiger partial charge in [0.25, 0.3) is 0 Å². The SMILES string of the molecule is C[Si](C)(C)O[Si](C)(C)CC[Si](C)(O[Si](C)(C)C)O[Si](C)(CCCOCC(O)O)O[Si](C)(C)C. The van der Waals surface area contributed by atoms with E-state index in [1.54, 1.807) is 0 Å². The molecule has 0 amide bonds. The fraction of sp³-hybridized carbons (Fsp3) is 1.00. The van der Waals surface area contributed by atoms with Gasteiger partial charge >= 0.3 is 17.1 Å². The van der Waals surface area contributed by atoms with Crippen molar-refractivity contribution >= 4 is 50.4 Å². The number of aliphatic hydroxyl groups excluding tert-OH is 1. The maximum Gasteiger partial charge on any atom is 0.315 e. The predicted octanol–water partition coefficient (Wildman–Crippen LogP) is 5.62. The Morgan fingerprint density at radius 1 is 0.545 bits per heavy atom. The van der Waals surface area contributed by atoms with Crippen LogP contribution in [0.3, 0.4) is 0 Å². The molecule has 0 rings (SSSR count). The molecule has 0 aliphatic carbocycles. The smallest absolute Gasteiger partial charge is 0.315 e. The van der Waals surface area contributed by atoms with Gasteiger partial charge in [-0.3, -0.25) is 0 Å². The fourth-order valence-electron chi connectivity index (χ4n) is 4.09. The largest absolute Gasteiger partial charge is 0.456 e. The molecule has 33 heavy (non-hydrogen) atoms. The molecule has 0 aromatic heterocycles. The van der Waals surface area contributed by atoms with E-state index in [9.17, 15) is 0 Å². The summed E-state index contributed by atoms with van der Waals surface area (Å²) in [5.74, 6) is 0. The number of rotatable bonds is 17. The molecule has 0 heterocycles. The molecule has 0 aromatic rings. The number of hydrogen-bond acceptors (Lipinski definition) is 7. The fourth-order valence-corrected chi connectivity index (χ4v) is 32.9. The van der Waals surface area contributed by atoms with Crippen LogP contribution in [0, 0.1) is 0 Å². The second-order valence-electron chi connectivity index (χ2n) is 12.9. The monoisotopic (exact) mass is 574 g/mol. The molecule has 0 aromatic carbocycles. The topological polar surface area (TPSA) is 86.6 Å². The Hall–Kier alpha value is 1.02. The van der Waals surface area contributed by atoms with Crippen molar-refractivity contribution in [3.05, 3.63) is 0 Å². The number of ether oxygens (including phenoxy) is 1. The molecule has 2 N–H and O–H groups in total. The van der Waals surface area contributed by atoms with Crippen molar-refractivity contribution in [2.24, 2.45) is 0 Å². The normalized spacial score (nSPS) is 17.8. The second kappa shape index (κ2) is 13.0. The van der Waals surface area contributed by atoms with Crippen LogP contribution in [0.4, 0.5) is 0 Å². The molecule has 0 fully saturated rings. The molecule has 7 nitrogen and oxygen atoms in total. The zero-order valence-corrected chi connectivity index (χ0v) is 29.8. The van der Waals surface area contributed by atoms with Crippen LogP contribution in [0.25, 0.3) is 0 Å². The van der Waals surface area contributed by atoms with Crippen molar-refractivity contribution in [1.29, 1.82) is 0 Å². The average Bonchev–Trinajstić information content (AvgIpc) is 2.46. The van der Waals surface area contributed by atoms with Gasteiger partial charge in [0.15, 0.2) is 39.6 Å². The summed E-state index contributed by atoms with van der Waals surface area (Å²) in [6.07, 6.45) is -0.675. The summed E-state index contributed by atoms with van der Waals surface area (Å²) >= 11 is 0. The quantitative estimate of drug-likeness (QED) is 0.132. The molecule has 0 spiro atoms. The maximum absolute atomic E-state index is 9.00. The zero-order valence-electron chi connectivity index (χ0n) is 23.8. The lowest BCUT2D eigenvalue weighted by atomic mass is 10.5. The average molecular weight is 575 g/mol. The molecule has 0 saturated heterocycles. The van der Waals surface area contributed by atoms with Crippen molar-refractivity contribution in [3.63, 3.8) is 0 Å². The highest BCUT2D eigenvalue weighted by Gasteiger charge is 2.47. The second-order valence-corrected chi connectivity index (χ2v) is 38.4. The first-order valence-corrected chi connectivity index (χ1v) is 30.6. The summed E-state index contributed by atoms with van der Waals surface area (Å²) in [7, 11) is -12.2. The molecule has 0 bridgehead atoms. The molecule has 0 saturated carbocycles. The van der Waals surface area contributed by atoms with Crippen LogP contribution in [0.2, 0.25) is 103 Å². The van der Waals surface area contributed by atoms with Crippen molar-refractivity contribution in [2.75, 3.05) is 13.2 Å². The van der Waals surface area contributed by atoms with E-state index in [2.05, 4.69) is 85.1 Å². The van der Waals surface area contributed by atoms with Crippen LogP contribution in [0.5, 0.6) is 0 Å². The molecule has 0 radical (unpaired) electrons. The number of aliphatic hydroxyl groups is 2. The molecule has 200 valence electrons. The highest BCUT2D eigenvalue weighted by molar-refractivity contribution is 6.91. The van der Waals surface area contributed by atoms with Gasteiger partial charge in [-0.05, 0) is 110 Å². The lowest BCUT2D eigenvalue weighted by molar-refractivity contribution is -0.0945. The van der Waals surface area contributed by atoms with Gasteiger partial charge in [0.1, 0.15) is 0 Å². The van der Waals surface area contributed by atoms with Gasteiger partial charge in [-0.25, -0.2) is 0 Å². The predicted molar refractivity (Wildman–Crippen MR) is 153 cm³/mol. The van der Waals surface area contributed by atoms with Crippen molar-refractivity contribution in [3.8, 4) is 0 Å². The third kappa shape index (κ3) is 18.9. The Balaban J connectivity index is 5.60. The van der Waals surface area contributed by atoms with E-state index in [0.717, 1.165) is 24.6 Å². The Kier molecular flexibility index (Phi) is 13.4. The number of hydrogen-bond donors (Lipinski definition) is 2. The van der Waals surface area contributed by atoms with E-state index in [1.807, 2.05) is 0 Å². The van der Waals surface area contributed by atoms with E-state index < -0.39 is 56.7 Å². The van der Waals surface area contributed by atoms with E-state index >= 15 is 0 Å². The lowest BCUT2D eigenvalue weighted by Crippen LogP contribution is -2.58. The van der Waals surface area contributed by atoms with E-state index in [0.29, 0.717) is 6.61 Å². The Bertz CT molecular complexity index is 575. The minimum absolute atomic E-state index is 0.0734. The molecular weight excluding hydrogens is 521 g/mol. The van der Waals surface area contributed by atoms with Gasteiger partial charge in [0.05, 0.1) is 6.61 Å². The van der Waals surface area contributed by atoms with Crippen LogP contribution in [0.15, 0.2) is 0 Å². The van der Waals surface area contributed by atoms with Gasteiger partial charge in [0.2, 0.25) is 0 Å². The van der Waals surface area contributed by atoms with Gasteiger partial charge in [-0.1, -0.05) is 0 Å². The molecule has 0 aliphatic rings. The van der Waals surface area contributed by atoms with Gasteiger partial charge in [0, 0.05) is 6.61 Å². The van der Waals surface area contributed by atoms with Gasteiger partial charge in [-0.15, -0.1) is 0 Å². The van der Waals surface area contributed by atoms with Crippen LogP contribution < -0.4 is 0 Å². The Morgan fingerprint density at radius 2 is 0.970 bits per heavy atom. The van der Waals surface area contributed by atoms with Crippen molar-refractivity contribution in [2.45, 2.75) is 116 Å². The summed E-state index contributed by atoms with van der Waals surface area (Å²) in [5.41, 5.74) is 0. The molecular formula is C20H54O7Si6. The first kappa shape index (κ1) is 34.0.